The Bertz CT molecular complexity index is 1070. The highest BCUT2D eigenvalue weighted by Gasteiger charge is 2.43. The lowest BCUT2D eigenvalue weighted by Crippen LogP contribution is -2.53. The number of hydrogen-bond donors (Lipinski definition) is 2. The molecule has 0 bridgehead atoms. The van der Waals surface area contributed by atoms with Crippen molar-refractivity contribution in [2.45, 2.75) is 45.8 Å². The van der Waals surface area contributed by atoms with Crippen molar-refractivity contribution < 1.29 is 4.79 Å². The van der Waals surface area contributed by atoms with Gasteiger partial charge in [-0.15, -0.1) is 0 Å². The van der Waals surface area contributed by atoms with Gasteiger partial charge in [-0.1, -0.05) is 50.2 Å². The van der Waals surface area contributed by atoms with Gasteiger partial charge < -0.3 is 10.6 Å². The molecular formula is C26H32N6O. The minimum atomic E-state index is -0.792. The number of aromatic nitrogens is 3. The van der Waals surface area contributed by atoms with Crippen LogP contribution in [0.1, 0.15) is 43.3 Å². The summed E-state index contributed by atoms with van der Waals surface area (Å²) >= 11 is 0. The van der Waals surface area contributed by atoms with E-state index < -0.39 is 5.41 Å². The third-order valence-corrected chi connectivity index (χ3v) is 5.92. The summed E-state index contributed by atoms with van der Waals surface area (Å²) in [6.07, 6.45) is 4.93. The van der Waals surface area contributed by atoms with Crippen LogP contribution < -0.4 is 10.6 Å². The molecule has 1 unspecified atom stereocenters. The Morgan fingerprint density at radius 2 is 1.97 bits per heavy atom. The summed E-state index contributed by atoms with van der Waals surface area (Å²) in [5.41, 5.74) is 3.10. The average molecular weight is 445 g/mol. The molecule has 4 rings (SSSR count). The van der Waals surface area contributed by atoms with Crippen LogP contribution in [-0.4, -0.2) is 38.8 Å². The minimum absolute atomic E-state index is 0.0549. The van der Waals surface area contributed by atoms with E-state index in [-0.39, 0.29) is 5.91 Å². The van der Waals surface area contributed by atoms with Crippen LogP contribution in [0.4, 0.5) is 5.82 Å². The zero-order valence-corrected chi connectivity index (χ0v) is 19.6. The van der Waals surface area contributed by atoms with E-state index in [0.717, 1.165) is 42.4 Å². The summed E-state index contributed by atoms with van der Waals surface area (Å²) in [7, 11) is 0. The highest BCUT2D eigenvalue weighted by atomic mass is 16.2. The zero-order valence-electron chi connectivity index (χ0n) is 19.6. The van der Waals surface area contributed by atoms with Gasteiger partial charge in [-0.2, -0.15) is 0 Å². The number of amides is 1. The zero-order chi connectivity index (χ0) is 23.3. The number of nitrogens with one attached hydrogen (secondary N) is 2. The van der Waals surface area contributed by atoms with E-state index in [9.17, 15) is 4.79 Å². The fraction of sp³-hybridized carbons (Fsp3) is 0.385. The van der Waals surface area contributed by atoms with Crippen LogP contribution >= 0.6 is 0 Å². The third kappa shape index (κ3) is 5.54. The van der Waals surface area contributed by atoms with Gasteiger partial charge in [-0.05, 0) is 30.0 Å². The maximum Gasteiger partial charge on any atom is 0.233 e. The number of carbonyl (C=O) groups excluding carboxylic acids is 1. The molecule has 3 heterocycles. The minimum Gasteiger partial charge on any atom is -0.370 e. The highest BCUT2D eigenvalue weighted by Crippen LogP contribution is 2.34. The van der Waals surface area contributed by atoms with Crippen molar-refractivity contribution in [1.29, 1.82) is 0 Å². The first kappa shape index (κ1) is 22.9. The Balaban J connectivity index is 1.61. The van der Waals surface area contributed by atoms with Crippen LogP contribution in [0.15, 0.2) is 61.1 Å². The Hall–Kier alpha value is -3.32. The van der Waals surface area contributed by atoms with Crippen LogP contribution in [-0.2, 0) is 29.8 Å². The van der Waals surface area contributed by atoms with Gasteiger partial charge in [0.15, 0.2) is 0 Å². The van der Waals surface area contributed by atoms with E-state index in [1.54, 1.807) is 18.6 Å². The van der Waals surface area contributed by atoms with Crippen LogP contribution in [0.25, 0.3) is 0 Å². The lowest BCUT2D eigenvalue weighted by molar-refractivity contribution is -0.128. The van der Waals surface area contributed by atoms with Crippen LogP contribution in [0.2, 0.25) is 0 Å². The Morgan fingerprint density at radius 1 is 1.15 bits per heavy atom. The van der Waals surface area contributed by atoms with Crippen molar-refractivity contribution >= 4 is 11.7 Å². The van der Waals surface area contributed by atoms with E-state index >= 15 is 0 Å². The van der Waals surface area contributed by atoms with Crippen molar-refractivity contribution in [1.82, 2.24) is 25.2 Å². The van der Waals surface area contributed by atoms with E-state index in [4.69, 9.17) is 4.98 Å². The molecule has 172 valence electrons. The van der Waals surface area contributed by atoms with Gasteiger partial charge in [-0.25, -0.2) is 4.98 Å². The summed E-state index contributed by atoms with van der Waals surface area (Å²) in [5, 5.41) is 6.48. The van der Waals surface area contributed by atoms with Gasteiger partial charge in [-0.3, -0.25) is 19.7 Å². The predicted octanol–water partition coefficient (Wildman–Crippen LogP) is 3.53. The SMILES string of the molecule is CC(C)CNc1ccc2c(n1)C(C)(C(=O)NCc1cnccn1)CN(Cc1ccccc1)C2. The maximum atomic E-state index is 13.6. The summed E-state index contributed by atoms with van der Waals surface area (Å²) in [6.45, 7) is 9.61. The molecule has 3 aromatic rings. The third-order valence-electron chi connectivity index (χ3n) is 5.92. The molecule has 1 aliphatic rings. The normalized spacial score (nSPS) is 18.1. The number of anilines is 1. The van der Waals surface area contributed by atoms with Crippen molar-refractivity contribution in [3.05, 3.63) is 83.6 Å². The predicted molar refractivity (Wildman–Crippen MR) is 129 cm³/mol. The number of rotatable bonds is 8. The molecular weight excluding hydrogens is 412 g/mol. The summed E-state index contributed by atoms with van der Waals surface area (Å²) in [5.74, 6) is 1.26. The summed E-state index contributed by atoms with van der Waals surface area (Å²) < 4.78 is 0. The molecule has 2 aromatic heterocycles. The highest BCUT2D eigenvalue weighted by molar-refractivity contribution is 5.88. The first-order valence-corrected chi connectivity index (χ1v) is 11.5. The standard InChI is InChI=1S/C26H32N6O/c1-19(2)13-29-23-10-9-21-17-32(16-20-7-5-4-6-8-20)18-26(3,24(21)31-23)25(33)30-15-22-14-27-11-12-28-22/h4-12,14,19H,13,15-18H2,1-3H3,(H,29,31)(H,30,33). The first-order valence-electron chi connectivity index (χ1n) is 11.5. The molecule has 1 amide bonds. The Morgan fingerprint density at radius 3 is 2.70 bits per heavy atom. The van der Waals surface area contributed by atoms with Gasteiger partial charge >= 0.3 is 0 Å². The summed E-state index contributed by atoms with van der Waals surface area (Å²) in [4.78, 5) is 29.2. The molecule has 7 heteroatoms. The van der Waals surface area contributed by atoms with Crippen LogP contribution in [0.5, 0.6) is 0 Å². The molecule has 0 radical (unpaired) electrons. The number of benzene rings is 1. The fourth-order valence-electron chi connectivity index (χ4n) is 4.24. The number of nitrogens with zero attached hydrogens (tertiary/aromatic N) is 4. The van der Waals surface area contributed by atoms with Gasteiger partial charge in [0.05, 0.1) is 24.1 Å². The van der Waals surface area contributed by atoms with E-state index in [1.807, 2.05) is 31.2 Å². The van der Waals surface area contributed by atoms with Gasteiger partial charge in [0.25, 0.3) is 0 Å². The second-order valence-electron chi connectivity index (χ2n) is 9.32. The fourth-order valence-corrected chi connectivity index (χ4v) is 4.24. The van der Waals surface area contributed by atoms with Crippen LogP contribution in [0.3, 0.4) is 0 Å². The van der Waals surface area contributed by atoms with Gasteiger partial charge in [0.1, 0.15) is 11.2 Å². The largest absolute Gasteiger partial charge is 0.370 e. The Labute approximate surface area is 195 Å². The van der Waals surface area contributed by atoms with Crippen molar-refractivity contribution in [3.8, 4) is 0 Å². The molecule has 0 saturated carbocycles. The topological polar surface area (TPSA) is 83.0 Å². The van der Waals surface area contributed by atoms with Gasteiger partial charge in [0.2, 0.25) is 5.91 Å². The summed E-state index contributed by atoms with van der Waals surface area (Å²) in [6, 6.07) is 14.5. The lowest BCUT2D eigenvalue weighted by Gasteiger charge is -2.40. The van der Waals surface area contributed by atoms with Crippen molar-refractivity contribution in [2.24, 2.45) is 5.92 Å². The molecule has 1 aromatic carbocycles. The molecule has 0 aliphatic carbocycles. The maximum absolute atomic E-state index is 13.6. The molecule has 1 aliphatic heterocycles. The molecule has 2 N–H and O–H groups in total. The van der Waals surface area contributed by atoms with E-state index in [2.05, 4.69) is 57.5 Å². The molecule has 0 saturated heterocycles. The Kier molecular flexibility index (Phi) is 6.99. The smallest absolute Gasteiger partial charge is 0.233 e. The molecule has 1 atom stereocenters. The number of fused-ring (bicyclic) bond motifs is 1. The lowest BCUT2D eigenvalue weighted by atomic mass is 9.79. The number of pyridine rings is 1. The molecule has 0 spiro atoms. The van der Waals surface area contributed by atoms with Crippen molar-refractivity contribution in [2.75, 3.05) is 18.4 Å². The first-order chi connectivity index (χ1) is 15.9. The monoisotopic (exact) mass is 444 g/mol. The van der Waals surface area contributed by atoms with Gasteiger partial charge in [0, 0.05) is 38.6 Å². The van der Waals surface area contributed by atoms with E-state index in [1.165, 1.54) is 5.56 Å². The average Bonchev–Trinajstić information content (AvgIpc) is 2.82. The van der Waals surface area contributed by atoms with E-state index in [0.29, 0.717) is 19.0 Å². The molecule has 7 nitrogen and oxygen atoms in total. The molecule has 33 heavy (non-hydrogen) atoms. The number of carbonyl (C=O) groups is 1. The quantitative estimate of drug-likeness (QED) is 0.553. The molecule has 0 fully saturated rings. The van der Waals surface area contributed by atoms with Crippen molar-refractivity contribution in [3.63, 3.8) is 0 Å². The number of hydrogen-bond acceptors (Lipinski definition) is 6. The van der Waals surface area contributed by atoms with Crippen LogP contribution in [0, 0.1) is 5.92 Å². The second-order valence-corrected chi connectivity index (χ2v) is 9.32. The second kappa shape index (κ2) is 10.1.